The Kier molecular flexibility index (Phi) is 9.63. The van der Waals surface area contributed by atoms with Crippen molar-refractivity contribution < 1.29 is 21.6 Å². The molecule has 190 valence electrons. The van der Waals surface area contributed by atoms with Crippen molar-refractivity contribution in [2.45, 2.75) is 50.8 Å². The van der Waals surface area contributed by atoms with Crippen LogP contribution in [0.1, 0.15) is 51.5 Å². The first-order valence-electron chi connectivity index (χ1n) is 12.1. The van der Waals surface area contributed by atoms with Gasteiger partial charge in [-0.1, -0.05) is 37.6 Å². The molecule has 2 atom stereocenters. The topological polar surface area (TPSA) is 62.1 Å². The monoisotopic (exact) mass is 507 g/mol. The molecular formula is C26H32F3N3O2S. The highest BCUT2D eigenvalue weighted by Gasteiger charge is 2.29. The molecule has 0 heterocycles. The Labute approximate surface area is 205 Å². The zero-order valence-corrected chi connectivity index (χ0v) is 20.9. The average Bonchev–Trinajstić information content (AvgIpc) is 3.05. The lowest BCUT2D eigenvalue weighted by molar-refractivity contribution is 0.325. The van der Waals surface area contributed by atoms with Crippen molar-refractivity contribution in [3.63, 3.8) is 0 Å². The molecule has 0 aromatic heterocycles. The zero-order valence-electron chi connectivity index (χ0n) is 20.1. The van der Waals surface area contributed by atoms with E-state index in [0.29, 0.717) is 13.1 Å². The maximum atomic E-state index is 14.4. The number of halogens is 3. The lowest BCUT2D eigenvalue weighted by Gasteiger charge is -2.25. The van der Waals surface area contributed by atoms with Crippen molar-refractivity contribution in [2.24, 2.45) is 22.1 Å². The Morgan fingerprint density at radius 3 is 2.31 bits per heavy atom. The van der Waals surface area contributed by atoms with Gasteiger partial charge in [-0.3, -0.25) is 0 Å². The SMILES string of the molecule is CCN=N/C(=C\C1CCCC(CN(CC)S(=O)(=O)c2ccccc2F)CC1)c1c(F)cccc1F. The summed E-state index contributed by atoms with van der Waals surface area (Å²) in [6.07, 6.45) is 5.70. The van der Waals surface area contributed by atoms with Crippen molar-refractivity contribution in [2.75, 3.05) is 19.6 Å². The second-order valence-corrected chi connectivity index (χ2v) is 10.6. The third kappa shape index (κ3) is 6.79. The Balaban J connectivity index is 1.76. The third-order valence-electron chi connectivity index (χ3n) is 6.33. The molecule has 1 aliphatic rings. The van der Waals surface area contributed by atoms with Gasteiger partial charge in [0.25, 0.3) is 0 Å². The van der Waals surface area contributed by atoms with Gasteiger partial charge >= 0.3 is 0 Å². The largest absolute Gasteiger partial charge is 0.245 e. The van der Waals surface area contributed by atoms with Crippen LogP contribution in [0.15, 0.2) is 63.7 Å². The van der Waals surface area contributed by atoms with Crippen molar-refractivity contribution in [3.05, 3.63) is 71.6 Å². The fraction of sp³-hybridized carbons (Fsp3) is 0.462. The highest BCUT2D eigenvalue weighted by Crippen LogP contribution is 2.33. The normalized spacial score (nSPS) is 19.9. The lowest BCUT2D eigenvalue weighted by Crippen LogP contribution is -2.35. The van der Waals surface area contributed by atoms with Gasteiger partial charge in [-0.25, -0.2) is 21.6 Å². The number of nitrogens with zero attached hydrogens (tertiary/aromatic N) is 3. The molecule has 5 nitrogen and oxygen atoms in total. The molecule has 0 saturated heterocycles. The fourth-order valence-corrected chi connectivity index (χ4v) is 6.10. The molecule has 1 fully saturated rings. The fourth-order valence-electron chi connectivity index (χ4n) is 4.51. The van der Waals surface area contributed by atoms with Gasteiger partial charge in [0.1, 0.15) is 22.3 Å². The van der Waals surface area contributed by atoms with E-state index in [2.05, 4.69) is 10.2 Å². The summed E-state index contributed by atoms with van der Waals surface area (Å²) in [5.41, 5.74) is 0.00171. The zero-order chi connectivity index (χ0) is 25.4. The van der Waals surface area contributed by atoms with Crippen molar-refractivity contribution in [3.8, 4) is 0 Å². The molecule has 9 heteroatoms. The molecule has 0 N–H and O–H groups in total. The van der Waals surface area contributed by atoms with Crippen LogP contribution in [0.5, 0.6) is 0 Å². The second kappa shape index (κ2) is 12.4. The van der Waals surface area contributed by atoms with Gasteiger partial charge in [-0.05, 0) is 68.7 Å². The van der Waals surface area contributed by atoms with Crippen LogP contribution in [0.3, 0.4) is 0 Å². The van der Waals surface area contributed by atoms with E-state index in [9.17, 15) is 21.6 Å². The van der Waals surface area contributed by atoms with Gasteiger partial charge in [-0.2, -0.15) is 14.5 Å². The van der Waals surface area contributed by atoms with Crippen LogP contribution in [0.2, 0.25) is 0 Å². The molecule has 35 heavy (non-hydrogen) atoms. The van der Waals surface area contributed by atoms with Gasteiger partial charge in [0.2, 0.25) is 10.0 Å². The molecule has 0 amide bonds. The predicted octanol–water partition coefficient (Wildman–Crippen LogP) is 6.82. The predicted molar refractivity (Wildman–Crippen MR) is 131 cm³/mol. The average molecular weight is 508 g/mol. The number of benzene rings is 2. The third-order valence-corrected chi connectivity index (χ3v) is 8.31. The molecule has 2 aromatic rings. The Morgan fingerprint density at radius 2 is 1.66 bits per heavy atom. The summed E-state index contributed by atoms with van der Waals surface area (Å²) in [6, 6.07) is 9.13. The molecule has 0 aliphatic heterocycles. The van der Waals surface area contributed by atoms with E-state index in [0.717, 1.165) is 38.2 Å². The summed E-state index contributed by atoms with van der Waals surface area (Å²) in [6.45, 7) is 4.47. The lowest BCUT2D eigenvalue weighted by atomic mass is 9.96. The van der Waals surface area contributed by atoms with Crippen molar-refractivity contribution >= 4 is 15.7 Å². The quantitative estimate of drug-likeness (QED) is 0.276. The van der Waals surface area contributed by atoms with E-state index < -0.39 is 27.5 Å². The summed E-state index contributed by atoms with van der Waals surface area (Å²) < 4.78 is 70.5. The smallest absolute Gasteiger partial charge is 0.207 e. The molecule has 3 rings (SSSR count). The van der Waals surface area contributed by atoms with Crippen LogP contribution in [-0.4, -0.2) is 32.4 Å². The maximum Gasteiger partial charge on any atom is 0.245 e. The van der Waals surface area contributed by atoms with Gasteiger partial charge in [0.15, 0.2) is 0 Å². The molecule has 0 bridgehead atoms. The summed E-state index contributed by atoms with van der Waals surface area (Å²) in [4.78, 5) is -0.311. The first kappa shape index (κ1) is 27.1. The number of rotatable bonds is 9. The van der Waals surface area contributed by atoms with Crippen molar-refractivity contribution in [1.82, 2.24) is 4.31 Å². The van der Waals surface area contributed by atoms with Gasteiger partial charge < -0.3 is 0 Å². The number of hydrogen-bond donors (Lipinski definition) is 0. The highest BCUT2D eigenvalue weighted by atomic mass is 32.2. The van der Waals surface area contributed by atoms with Gasteiger partial charge in [-0.15, -0.1) is 0 Å². The van der Waals surface area contributed by atoms with E-state index in [1.54, 1.807) is 19.9 Å². The summed E-state index contributed by atoms with van der Waals surface area (Å²) >= 11 is 0. The van der Waals surface area contributed by atoms with E-state index in [1.165, 1.54) is 40.7 Å². The number of allylic oxidation sites excluding steroid dienone is 1. The van der Waals surface area contributed by atoms with Crippen LogP contribution in [0, 0.1) is 29.3 Å². The van der Waals surface area contributed by atoms with E-state index in [1.807, 2.05) is 0 Å². The minimum Gasteiger partial charge on any atom is -0.207 e. The minimum absolute atomic E-state index is 0.0306. The Morgan fingerprint density at radius 1 is 0.971 bits per heavy atom. The first-order valence-corrected chi connectivity index (χ1v) is 13.5. The summed E-state index contributed by atoms with van der Waals surface area (Å²) in [5.74, 6) is -2.00. The Bertz CT molecular complexity index is 1150. The molecule has 1 aliphatic carbocycles. The summed E-state index contributed by atoms with van der Waals surface area (Å²) in [7, 11) is -3.95. The molecule has 0 radical (unpaired) electrons. The van der Waals surface area contributed by atoms with Gasteiger partial charge in [0, 0.05) is 13.1 Å². The number of hydrogen-bond acceptors (Lipinski definition) is 4. The highest BCUT2D eigenvalue weighted by molar-refractivity contribution is 7.89. The van der Waals surface area contributed by atoms with Crippen LogP contribution in [0.25, 0.3) is 5.70 Å². The van der Waals surface area contributed by atoms with Crippen LogP contribution < -0.4 is 0 Å². The van der Waals surface area contributed by atoms with E-state index in [-0.39, 0.29) is 34.5 Å². The summed E-state index contributed by atoms with van der Waals surface area (Å²) in [5, 5.41) is 8.06. The Hall–Kier alpha value is -2.52. The molecule has 0 spiro atoms. The van der Waals surface area contributed by atoms with Crippen molar-refractivity contribution in [1.29, 1.82) is 0 Å². The van der Waals surface area contributed by atoms with Crippen LogP contribution >= 0.6 is 0 Å². The molecule has 1 saturated carbocycles. The molecule has 2 aromatic carbocycles. The van der Waals surface area contributed by atoms with Crippen LogP contribution in [0.4, 0.5) is 13.2 Å². The first-order chi connectivity index (χ1) is 16.8. The molecule has 2 unspecified atom stereocenters. The minimum atomic E-state index is -3.95. The second-order valence-electron chi connectivity index (χ2n) is 8.73. The van der Waals surface area contributed by atoms with Crippen LogP contribution in [-0.2, 0) is 10.0 Å². The van der Waals surface area contributed by atoms with E-state index in [4.69, 9.17) is 0 Å². The van der Waals surface area contributed by atoms with E-state index >= 15 is 0 Å². The number of sulfonamides is 1. The maximum absolute atomic E-state index is 14.4. The molecular weight excluding hydrogens is 475 g/mol. The number of azo groups is 1. The van der Waals surface area contributed by atoms with Gasteiger partial charge in [0.05, 0.1) is 17.8 Å². The standard InChI is InChI=1S/C26H32F3N3O2S/c1-3-30-31-24(26-22(28)12-8-13-23(26)29)17-19-9-7-10-20(16-15-19)18-32(4-2)35(33,34)25-14-6-5-11-21(25)27/h5-6,8,11-14,17,19-20H,3-4,7,9-10,15-16,18H2,1-2H3/b24-17-,31-30?.